The summed E-state index contributed by atoms with van der Waals surface area (Å²) >= 11 is 7.55. The fourth-order valence-corrected chi connectivity index (χ4v) is 5.56. The average Bonchev–Trinajstić information content (AvgIpc) is 2.69. The molecular formula is C20H22ClN3O4S2. The lowest BCUT2D eigenvalue weighted by Crippen LogP contribution is -2.33. The molecular weight excluding hydrogens is 446 g/mol. The summed E-state index contributed by atoms with van der Waals surface area (Å²) in [6.07, 6.45) is 0. The molecule has 1 aliphatic rings. The van der Waals surface area contributed by atoms with E-state index in [1.165, 1.54) is 41.3 Å². The highest BCUT2D eigenvalue weighted by Gasteiger charge is 2.27. The van der Waals surface area contributed by atoms with E-state index in [2.05, 4.69) is 10.6 Å². The smallest absolute Gasteiger partial charge is 0.255 e. The topological polar surface area (TPSA) is 95.6 Å². The number of anilines is 2. The van der Waals surface area contributed by atoms with E-state index >= 15 is 0 Å². The molecule has 2 aromatic rings. The van der Waals surface area contributed by atoms with E-state index < -0.39 is 15.9 Å². The van der Waals surface area contributed by atoms with Crippen LogP contribution in [0.25, 0.3) is 0 Å². The maximum atomic E-state index is 12.8. The Labute approximate surface area is 185 Å². The Balaban J connectivity index is 1.86. The lowest BCUT2D eigenvalue weighted by Gasteiger charge is -2.22. The van der Waals surface area contributed by atoms with Crippen LogP contribution in [0.3, 0.4) is 0 Å². The molecule has 3 rings (SSSR count). The monoisotopic (exact) mass is 467 g/mol. The zero-order valence-electron chi connectivity index (χ0n) is 16.9. The van der Waals surface area contributed by atoms with Crippen LogP contribution >= 0.6 is 23.4 Å². The van der Waals surface area contributed by atoms with Gasteiger partial charge >= 0.3 is 0 Å². The van der Waals surface area contributed by atoms with Crippen LogP contribution in [0.5, 0.6) is 0 Å². The first kappa shape index (κ1) is 22.6. The third-order valence-electron chi connectivity index (χ3n) is 4.75. The molecule has 0 aromatic heterocycles. The molecule has 0 saturated carbocycles. The maximum Gasteiger partial charge on any atom is 0.255 e. The molecule has 160 valence electrons. The van der Waals surface area contributed by atoms with E-state index in [1.807, 2.05) is 6.92 Å². The molecule has 0 spiro atoms. The lowest BCUT2D eigenvalue weighted by molar-refractivity contribution is -0.115. The number of thioether (sulfide) groups is 1. The molecule has 2 N–H and O–H groups in total. The molecule has 0 bridgehead atoms. The molecule has 0 fully saturated rings. The lowest BCUT2D eigenvalue weighted by atomic mass is 10.1. The molecule has 1 atom stereocenters. The number of amides is 2. The van der Waals surface area contributed by atoms with Gasteiger partial charge in [0.05, 0.1) is 16.0 Å². The Bertz CT molecular complexity index is 1120. The minimum absolute atomic E-state index is 0.0723. The fraction of sp³-hybridized carbons (Fsp3) is 0.300. The normalized spacial score (nSPS) is 16.4. The van der Waals surface area contributed by atoms with Gasteiger partial charge in [-0.15, -0.1) is 11.8 Å². The highest BCUT2D eigenvalue weighted by molar-refractivity contribution is 8.01. The number of halogens is 1. The van der Waals surface area contributed by atoms with Gasteiger partial charge in [-0.3, -0.25) is 9.59 Å². The van der Waals surface area contributed by atoms with Crippen molar-refractivity contribution >= 4 is 56.6 Å². The van der Waals surface area contributed by atoms with Crippen LogP contribution < -0.4 is 10.6 Å². The first-order chi connectivity index (χ1) is 14.0. The number of rotatable bonds is 5. The van der Waals surface area contributed by atoms with E-state index in [0.717, 1.165) is 4.90 Å². The van der Waals surface area contributed by atoms with Gasteiger partial charge in [0.25, 0.3) is 5.91 Å². The van der Waals surface area contributed by atoms with E-state index in [4.69, 9.17) is 11.6 Å². The molecule has 1 aliphatic heterocycles. The second-order valence-electron chi connectivity index (χ2n) is 7.17. The SMILES string of the molecule is CC1Sc2ccc(C(=O)Nc3ccc(Cl)c(S(=O)(=O)N(C)C(C)C)c3)cc2NC1=O. The number of benzene rings is 2. The Hall–Kier alpha value is -2.07. The molecule has 10 heteroatoms. The third kappa shape index (κ3) is 4.49. The van der Waals surface area contributed by atoms with Crippen molar-refractivity contribution in [3.8, 4) is 0 Å². The summed E-state index contributed by atoms with van der Waals surface area (Å²) in [5.41, 5.74) is 1.21. The molecule has 2 aromatic carbocycles. The van der Waals surface area contributed by atoms with E-state index in [9.17, 15) is 18.0 Å². The average molecular weight is 468 g/mol. The fourth-order valence-electron chi connectivity index (χ4n) is 2.76. The van der Waals surface area contributed by atoms with Gasteiger partial charge in [0.1, 0.15) is 4.90 Å². The van der Waals surface area contributed by atoms with Crippen molar-refractivity contribution in [1.82, 2.24) is 4.31 Å². The summed E-state index contributed by atoms with van der Waals surface area (Å²) in [7, 11) is -2.34. The van der Waals surface area contributed by atoms with Crippen LogP contribution in [0.15, 0.2) is 46.2 Å². The summed E-state index contributed by atoms with van der Waals surface area (Å²) in [6, 6.07) is 9.09. The zero-order valence-corrected chi connectivity index (χ0v) is 19.3. The third-order valence-corrected chi connectivity index (χ3v) is 8.44. The Kier molecular flexibility index (Phi) is 6.47. The molecule has 7 nitrogen and oxygen atoms in total. The van der Waals surface area contributed by atoms with Crippen molar-refractivity contribution in [3.63, 3.8) is 0 Å². The van der Waals surface area contributed by atoms with Crippen molar-refractivity contribution in [2.75, 3.05) is 17.7 Å². The second kappa shape index (κ2) is 8.58. The van der Waals surface area contributed by atoms with Crippen molar-refractivity contribution in [2.24, 2.45) is 0 Å². The van der Waals surface area contributed by atoms with Gasteiger partial charge in [0.15, 0.2) is 0 Å². The summed E-state index contributed by atoms with van der Waals surface area (Å²) in [4.78, 5) is 25.4. The van der Waals surface area contributed by atoms with Gasteiger partial charge in [-0.25, -0.2) is 8.42 Å². The van der Waals surface area contributed by atoms with Gasteiger partial charge in [-0.05, 0) is 57.2 Å². The largest absolute Gasteiger partial charge is 0.324 e. The molecule has 0 radical (unpaired) electrons. The Morgan fingerprint density at radius 3 is 2.60 bits per heavy atom. The predicted molar refractivity (Wildman–Crippen MR) is 120 cm³/mol. The first-order valence-corrected chi connectivity index (χ1v) is 11.9. The van der Waals surface area contributed by atoms with Crippen LogP contribution in [-0.4, -0.2) is 42.9 Å². The minimum atomic E-state index is -3.82. The minimum Gasteiger partial charge on any atom is -0.324 e. The number of nitrogens with zero attached hydrogens (tertiary/aromatic N) is 1. The van der Waals surface area contributed by atoms with Crippen molar-refractivity contribution in [1.29, 1.82) is 0 Å². The van der Waals surface area contributed by atoms with E-state index in [1.54, 1.807) is 32.0 Å². The van der Waals surface area contributed by atoms with Crippen LogP contribution in [0.4, 0.5) is 11.4 Å². The first-order valence-electron chi connectivity index (χ1n) is 9.21. The number of carbonyl (C=O) groups excluding carboxylic acids is 2. The Morgan fingerprint density at radius 1 is 1.23 bits per heavy atom. The summed E-state index contributed by atoms with van der Waals surface area (Å²) in [5.74, 6) is -0.551. The highest BCUT2D eigenvalue weighted by atomic mass is 35.5. The van der Waals surface area contributed by atoms with Gasteiger partial charge in [0.2, 0.25) is 15.9 Å². The summed E-state index contributed by atoms with van der Waals surface area (Å²) in [5, 5.41) is 5.35. The molecule has 1 heterocycles. The summed E-state index contributed by atoms with van der Waals surface area (Å²) in [6.45, 7) is 5.32. The maximum absolute atomic E-state index is 12.8. The highest BCUT2D eigenvalue weighted by Crippen LogP contribution is 2.36. The molecule has 1 unspecified atom stereocenters. The number of hydrogen-bond acceptors (Lipinski definition) is 5. The predicted octanol–water partition coefficient (Wildman–Crippen LogP) is 4.05. The quantitative estimate of drug-likeness (QED) is 0.691. The van der Waals surface area contributed by atoms with Gasteiger partial charge < -0.3 is 10.6 Å². The number of fused-ring (bicyclic) bond motifs is 1. The van der Waals surface area contributed by atoms with Crippen LogP contribution in [0.1, 0.15) is 31.1 Å². The molecule has 30 heavy (non-hydrogen) atoms. The number of sulfonamides is 1. The Morgan fingerprint density at radius 2 is 1.93 bits per heavy atom. The summed E-state index contributed by atoms with van der Waals surface area (Å²) < 4.78 is 26.8. The van der Waals surface area contributed by atoms with E-state index in [-0.39, 0.29) is 27.1 Å². The van der Waals surface area contributed by atoms with E-state index in [0.29, 0.717) is 16.9 Å². The molecule has 2 amide bonds. The zero-order chi connectivity index (χ0) is 22.2. The number of nitrogens with one attached hydrogen (secondary N) is 2. The van der Waals surface area contributed by atoms with Crippen LogP contribution in [0.2, 0.25) is 5.02 Å². The molecule has 0 saturated heterocycles. The van der Waals surface area contributed by atoms with Gasteiger partial charge in [-0.1, -0.05) is 11.6 Å². The van der Waals surface area contributed by atoms with Crippen molar-refractivity contribution in [3.05, 3.63) is 47.0 Å². The van der Waals surface area contributed by atoms with Crippen molar-refractivity contribution < 1.29 is 18.0 Å². The van der Waals surface area contributed by atoms with Gasteiger partial charge in [0, 0.05) is 29.2 Å². The number of carbonyl (C=O) groups is 2. The number of hydrogen-bond donors (Lipinski definition) is 2. The van der Waals surface area contributed by atoms with Crippen LogP contribution in [-0.2, 0) is 14.8 Å². The molecule has 0 aliphatic carbocycles. The van der Waals surface area contributed by atoms with Gasteiger partial charge in [-0.2, -0.15) is 4.31 Å². The standard InChI is InChI=1S/C20H22ClN3O4S2/c1-11(2)24(4)30(27,28)18-10-14(6-7-15(18)21)22-20(26)13-5-8-17-16(9-13)23-19(25)12(3)29-17/h5-12H,1-4H3,(H,22,26)(H,23,25). The van der Waals surface area contributed by atoms with Crippen molar-refractivity contribution in [2.45, 2.75) is 41.9 Å². The van der Waals surface area contributed by atoms with Crippen LogP contribution in [0, 0.1) is 0 Å². The second-order valence-corrected chi connectivity index (χ2v) is 10.9.